The zero-order chi connectivity index (χ0) is 14.5. The van der Waals surface area contributed by atoms with E-state index in [1.807, 2.05) is 36.7 Å². The molecule has 1 heterocycles. The fourth-order valence-corrected chi connectivity index (χ4v) is 2.26. The van der Waals surface area contributed by atoms with Crippen LogP contribution in [0.4, 0.5) is 0 Å². The van der Waals surface area contributed by atoms with E-state index >= 15 is 0 Å². The van der Waals surface area contributed by atoms with Gasteiger partial charge in [0, 0.05) is 18.5 Å². The van der Waals surface area contributed by atoms with Crippen LogP contribution in [0, 0.1) is 6.92 Å². The first-order valence-electron chi connectivity index (χ1n) is 6.67. The molecule has 1 aromatic carbocycles. The van der Waals surface area contributed by atoms with E-state index < -0.39 is 0 Å². The van der Waals surface area contributed by atoms with Gasteiger partial charge in [0.25, 0.3) is 0 Å². The Morgan fingerprint density at radius 3 is 2.90 bits per heavy atom. The van der Waals surface area contributed by atoms with Crippen LogP contribution in [0.15, 0.2) is 24.5 Å². The molecule has 1 aromatic heterocycles. The van der Waals surface area contributed by atoms with Gasteiger partial charge in [0.2, 0.25) is 0 Å². The second kappa shape index (κ2) is 6.49. The molecule has 0 aliphatic heterocycles. The first-order valence-corrected chi connectivity index (χ1v) is 6.67. The van der Waals surface area contributed by atoms with Gasteiger partial charge in [0.05, 0.1) is 13.2 Å². The summed E-state index contributed by atoms with van der Waals surface area (Å²) >= 11 is 0. The maximum absolute atomic E-state index is 5.71. The van der Waals surface area contributed by atoms with E-state index in [0.717, 1.165) is 29.2 Å². The Hall–Kier alpha value is -1.92. The molecule has 2 rings (SSSR count). The molecule has 3 N–H and O–H groups in total. The Balaban J connectivity index is 2.28. The molecule has 0 fully saturated rings. The summed E-state index contributed by atoms with van der Waals surface area (Å²) in [4.78, 5) is 4.29. The lowest BCUT2D eigenvalue weighted by Gasteiger charge is -2.19. The highest BCUT2D eigenvalue weighted by molar-refractivity contribution is 5.39. The molecule has 0 radical (unpaired) electrons. The van der Waals surface area contributed by atoms with E-state index in [2.05, 4.69) is 15.5 Å². The molecule has 0 bridgehead atoms. The van der Waals surface area contributed by atoms with Gasteiger partial charge in [0.15, 0.2) is 0 Å². The molecule has 0 aliphatic rings. The van der Waals surface area contributed by atoms with Gasteiger partial charge >= 0.3 is 0 Å². The average molecular weight is 275 g/mol. The number of aryl methyl sites for hydroxylation is 2. The van der Waals surface area contributed by atoms with Crippen molar-refractivity contribution < 1.29 is 4.74 Å². The molecular formula is C14H21N5O. The van der Waals surface area contributed by atoms with Gasteiger partial charge in [-0.1, -0.05) is 12.1 Å². The van der Waals surface area contributed by atoms with Gasteiger partial charge in [-0.25, -0.2) is 4.98 Å². The second-order valence-corrected chi connectivity index (χ2v) is 4.66. The first kappa shape index (κ1) is 14.5. The van der Waals surface area contributed by atoms with Gasteiger partial charge in [-0.05, 0) is 25.5 Å². The second-order valence-electron chi connectivity index (χ2n) is 4.66. The van der Waals surface area contributed by atoms with Crippen LogP contribution in [0.1, 0.15) is 29.9 Å². The Kier molecular flexibility index (Phi) is 4.70. The number of nitrogens with one attached hydrogen (secondary N) is 1. The van der Waals surface area contributed by atoms with E-state index in [4.69, 9.17) is 10.6 Å². The summed E-state index contributed by atoms with van der Waals surface area (Å²) in [5.74, 6) is 7.44. The van der Waals surface area contributed by atoms with Crippen molar-refractivity contribution in [3.8, 4) is 5.75 Å². The summed E-state index contributed by atoms with van der Waals surface area (Å²) in [6.07, 6.45) is 2.22. The van der Waals surface area contributed by atoms with E-state index in [1.165, 1.54) is 0 Å². The number of benzene rings is 1. The molecule has 20 heavy (non-hydrogen) atoms. The van der Waals surface area contributed by atoms with E-state index in [1.54, 1.807) is 13.4 Å². The summed E-state index contributed by atoms with van der Waals surface area (Å²) in [6, 6.07) is 6.02. The third kappa shape index (κ3) is 2.97. The van der Waals surface area contributed by atoms with Crippen LogP contribution < -0.4 is 16.0 Å². The number of ether oxygens (including phenoxy) is 1. The minimum absolute atomic E-state index is 0.0694. The summed E-state index contributed by atoms with van der Waals surface area (Å²) in [7, 11) is 1.67. The van der Waals surface area contributed by atoms with Gasteiger partial charge in [-0.2, -0.15) is 5.10 Å². The van der Waals surface area contributed by atoms with Crippen molar-refractivity contribution in [3.05, 3.63) is 41.5 Å². The number of rotatable bonds is 6. The lowest BCUT2D eigenvalue weighted by molar-refractivity contribution is 0.396. The van der Waals surface area contributed by atoms with Crippen LogP contribution in [0.3, 0.4) is 0 Å². The molecule has 0 aliphatic carbocycles. The number of nitrogens with two attached hydrogens (primary N) is 1. The number of hydrogen-bond donors (Lipinski definition) is 2. The number of methoxy groups -OCH3 is 1. The Morgan fingerprint density at radius 2 is 2.25 bits per heavy atom. The molecule has 0 spiro atoms. The van der Waals surface area contributed by atoms with Gasteiger partial charge in [0.1, 0.15) is 17.9 Å². The highest BCUT2D eigenvalue weighted by Gasteiger charge is 2.18. The molecule has 108 valence electrons. The topological polar surface area (TPSA) is 78.0 Å². The van der Waals surface area contributed by atoms with Crippen LogP contribution >= 0.6 is 0 Å². The molecule has 0 saturated heterocycles. The summed E-state index contributed by atoms with van der Waals surface area (Å²) in [5, 5.41) is 4.18. The minimum Gasteiger partial charge on any atom is -0.496 e. The highest BCUT2D eigenvalue weighted by atomic mass is 16.5. The fraction of sp³-hybridized carbons (Fsp3) is 0.429. The third-order valence-corrected chi connectivity index (χ3v) is 3.35. The van der Waals surface area contributed by atoms with E-state index in [-0.39, 0.29) is 6.04 Å². The normalized spacial score (nSPS) is 12.4. The van der Waals surface area contributed by atoms with Crippen molar-refractivity contribution in [2.24, 2.45) is 5.84 Å². The van der Waals surface area contributed by atoms with Crippen molar-refractivity contribution in [3.63, 3.8) is 0 Å². The quantitative estimate of drug-likeness (QED) is 0.615. The third-order valence-electron chi connectivity index (χ3n) is 3.35. The Bertz CT molecular complexity index is 566. The highest BCUT2D eigenvalue weighted by Crippen LogP contribution is 2.27. The molecule has 2 aromatic rings. The van der Waals surface area contributed by atoms with E-state index in [9.17, 15) is 0 Å². The van der Waals surface area contributed by atoms with Gasteiger partial charge < -0.3 is 4.74 Å². The van der Waals surface area contributed by atoms with Crippen molar-refractivity contribution in [1.82, 2.24) is 20.2 Å². The maximum atomic E-state index is 5.71. The number of hydrazine groups is 1. The zero-order valence-electron chi connectivity index (χ0n) is 12.1. The summed E-state index contributed by atoms with van der Waals surface area (Å²) in [5.41, 5.74) is 5.01. The van der Waals surface area contributed by atoms with Gasteiger partial charge in [-0.15, -0.1) is 0 Å². The molecular weight excluding hydrogens is 254 g/mol. The average Bonchev–Trinajstić information content (AvgIpc) is 2.92. The van der Waals surface area contributed by atoms with Crippen LogP contribution in [0.2, 0.25) is 0 Å². The number of aromatic nitrogens is 3. The Morgan fingerprint density at radius 1 is 1.45 bits per heavy atom. The van der Waals surface area contributed by atoms with Crippen LogP contribution in [0.5, 0.6) is 5.75 Å². The molecule has 1 unspecified atom stereocenters. The number of nitrogens with zero attached hydrogens (tertiary/aromatic N) is 3. The summed E-state index contributed by atoms with van der Waals surface area (Å²) < 4.78 is 7.31. The zero-order valence-corrected chi connectivity index (χ0v) is 12.1. The maximum Gasteiger partial charge on any atom is 0.138 e. The predicted octanol–water partition coefficient (Wildman–Crippen LogP) is 1.36. The smallest absolute Gasteiger partial charge is 0.138 e. The molecule has 1 atom stereocenters. The van der Waals surface area contributed by atoms with E-state index in [0.29, 0.717) is 6.42 Å². The predicted molar refractivity (Wildman–Crippen MR) is 77.2 cm³/mol. The lowest BCUT2D eigenvalue weighted by Crippen LogP contribution is -2.30. The number of hydrogen-bond acceptors (Lipinski definition) is 5. The van der Waals surface area contributed by atoms with Crippen LogP contribution in [-0.4, -0.2) is 21.9 Å². The Labute approximate surface area is 118 Å². The van der Waals surface area contributed by atoms with Crippen molar-refractivity contribution in [2.75, 3.05) is 7.11 Å². The van der Waals surface area contributed by atoms with Gasteiger partial charge in [-0.3, -0.25) is 16.0 Å². The minimum atomic E-state index is -0.0694. The van der Waals surface area contributed by atoms with Crippen molar-refractivity contribution >= 4 is 0 Å². The molecule has 0 amide bonds. The molecule has 6 nitrogen and oxygen atoms in total. The van der Waals surface area contributed by atoms with Crippen LogP contribution in [0.25, 0.3) is 0 Å². The monoisotopic (exact) mass is 275 g/mol. The standard InChI is InChI=1S/C14H21N5O/c1-4-19-14(16-9-17-19)8-12(18-15)11-6-5-10(2)7-13(11)20-3/h5-7,9,12,18H,4,8,15H2,1-3H3. The van der Waals surface area contributed by atoms with Crippen molar-refractivity contribution in [2.45, 2.75) is 32.9 Å². The molecule has 6 heteroatoms. The lowest BCUT2D eigenvalue weighted by atomic mass is 10.0. The summed E-state index contributed by atoms with van der Waals surface area (Å²) in [6.45, 7) is 4.86. The molecule has 0 saturated carbocycles. The van der Waals surface area contributed by atoms with Crippen LogP contribution in [-0.2, 0) is 13.0 Å². The largest absolute Gasteiger partial charge is 0.496 e. The fourth-order valence-electron chi connectivity index (χ4n) is 2.26. The van der Waals surface area contributed by atoms with Crippen molar-refractivity contribution in [1.29, 1.82) is 0 Å². The SMILES string of the molecule is CCn1ncnc1CC(NN)c1ccc(C)cc1OC. The first-order chi connectivity index (χ1) is 9.69.